The van der Waals surface area contributed by atoms with Crippen LogP contribution in [0.15, 0.2) is 17.2 Å². The Balaban J connectivity index is 2.34. The summed E-state index contributed by atoms with van der Waals surface area (Å²) < 4.78 is 33.8. The summed E-state index contributed by atoms with van der Waals surface area (Å²) in [5.41, 5.74) is 0. The summed E-state index contributed by atoms with van der Waals surface area (Å²) in [6.45, 7) is 3.65. The van der Waals surface area contributed by atoms with E-state index in [2.05, 4.69) is 4.98 Å². The molecule has 0 radical (unpaired) electrons. The van der Waals surface area contributed by atoms with E-state index in [1.165, 1.54) is 12.3 Å². The van der Waals surface area contributed by atoms with E-state index in [0.717, 1.165) is 12.8 Å². The highest BCUT2D eigenvalue weighted by atomic mass is 32.2. The largest absolute Gasteiger partial charge is 0.487 e. The van der Waals surface area contributed by atoms with Gasteiger partial charge in [0.1, 0.15) is 4.90 Å². The molecule has 0 bridgehead atoms. The first-order chi connectivity index (χ1) is 8.36. The Kier molecular flexibility index (Phi) is 3.45. The summed E-state index contributed by atoms with van der Waals surface area (Å²) in [6.07, 6.45) is 3.17. The first-order valence-electron chi connectivity index (χ1n) is 5.72. The van der Waals surface area contributed by atoms with Gasteiger partial charge in [-0.05, 0) is 26.7 Å². The highest BCUT2D eigenvalue weighted by Crippen LogP contribution is 2.32. The van der Waals surface area contributed by atoms with Gasteiger partial charge in [0.2, 0.25) is 15.9 Å². The summed E-state index contributed by atoms with van der Waals surface area (Å²) in [7, 11) is -3.85. The third-order valence-corrected chi connectivity index (χ3v) is 3.22. The van der Waals surface area contributed by atoms with Gasteiger partial charge in [0.05, 0.1) is 18.4 Å². The van der Waals surface area contributed by atoms with Crippen LogP contribution in [-0.4, -0.2) is 25.6 Å². The maximum absolute atomic E-state index is 11.5. The molecule has 100 valence electrons. The van der Waals surface area contributed by atoms with Gasteiger partial charge in [-0.3, -0.25) is 0 Å². The molecule has 0 aromatic carbocycles. The van der Waals surface area contributed by atoms with E-state index in [4.69, 9.17) is 14.6 Å². The zero-order chi connectivity index (χ0) is 13.3. The Bertz CT molecular complexity index is 538. The van der Waals surface area contributed by atoms with Gasteiger partial charge < -0.3 is 9.47 Å². The normalized spacial score (nSPS) is 15.8. The molecule has 18 heavy (non-hydrogen) atoms. The highest BCUT2D eigenvalue weighted by Gasteiger charge is 2.27. The molecular weight excluding hydrogens is 256 g/mol. The first-order valence-corrected chi connectivity index (χ1v) is 7.27. The van der Waals surface area contributed by atoms with E-state index in [9.17, 15) is 8.42 Å². The fourth-order valence-electron chi connectivity index (χ4n) is 1.39. The van der Waals surface area contributed by atoms with Crippen LogP contribution in [0.25, 0.3) is 0 Å². The second-order valence-corrected chi connectivity index (χ2v) is 6.03. The van der Waals surface area contributed by atoms with Gasteiger partial charge in [-0.2, -0.15) is 0 Å². The molecule has 1 aromatic rings. The minimum Gasteiger partial charge on any atom is -0.487 e. The van der Waals surface area contributed by atoms with Crippen LogP contribution in [0.5, 0.6) is 11.6 Å². The van der Waals surface area contributed by atoms with Crippen LogP contribution in [0.1, 0.15) is 26.7 Å². The first kappa shape index (κ1) is 13.1. The van der Waals surface area contributed by atoms with Crippen molar-refractivity contribution in [2.75, 3.05) is 0 Å². The average molecular weight is 272 g/mol. The number of primary sulfonamides is 1. The number of pyridine rings is 1. The fraction of sp³-hybridized carbons (Fsp3) is 0.545. The third kappa shape index (κ3) is 3.33. The molecule has 1 aromatic heterocycles. The number of hydrogen-bond acceptors (Lipinski definition) is 5. The Hall–Kier alpha value is -1.34. The Morgan fingerprint density at radius 1 is 1.44 bits per heavy atom. The van der Waals surface area contributed by atoms with E-state index in [-0.39, 0.29) is 28.7 Å². The molecule has 0 saturated heterocycles. The van der Waals surface area contributed by atoms with Gasteiger partial charge in [-0.15, -0.1) is 0 Å². The number of ether oxygens (including phenoxy) is 2. The molecule has 2 N–H and O–H groups in total. The molecule has 1 aliphatic rings. The minimum atomic E-state index is -3.85. The molecule has 0 atom stereocenters. The number of rotatable bonds is 5. The van der Waals surface area contributed by atoms with Crippen molar-refractivity contribution in [3.8, 4) is 11.6 Å². The summed E-state index contributed by atoms with van der Waals surface area (Å²) in [5.74, 6) is 0.410. The zero-order valence-electron chi connectivity index (χ0n) is 10.3. The van der Waals surface area contributed by atoms with E-state index in [1.54, 1.807) is 0 Å². The lowest BCUT2D eigenvalue weighted by Crippen LogP contribution is -2.16. The number of aromatic nitrogens is 1. The maximum atomic E-state index is 11.5. The van der Waals surface area contributed by atoms with Gasteiger partial charge in [-0.1, -0.05) is 0 Å². The standard InChI is InChI=1S/C11H16N2O4S/c1-7(2)16-11-5-10(18(12,14)15)9(6-13-11)17-8-3-4-8/h5-8H,3-4H2,1-2H3,(H2,12,14,15). The third-order valence-electron chi connectivity index (χ3n) is 2.29. The van der Waals surface area contributed by atoms with Gasteiger partial charge in [-0.25, -0.2) is 18.5 Å². The second-order valence-electron chi connectivity index (χ2n) is 4.50. The van der Waals surface area contributed by atoms with Crippen LogP contribution >= 0.6 is 0 Å². The van der Waals surface area contributed by atoms with Crippen LogP contribution in [0.4, 0.5) is 0 Å². The fourth-order valence-corrected chi connectivity index (χ4v) is 2.03. The molecule has 1 heterocycles. The number of nitrogens with zero attached hydrogens (tertiary/aromatic N) is 1. The van der Waals surface area contributed by atoms with Crippen molar-refractivity contribution < 1.29 is 17.9 Å². The van der Waals surface area contributed by atoms with E-state index >= 15 is 0 Å². The van der Waals surface area contributed by atoms with Crippen molar-refractivity contribution in [2.45, 2.75) is 43.8 Å². The van der Waals surface area contributed by atoms with Crippen LogP contribution in [0.2, 0.25) is 0 Å². The van der Waals surface area contributed by atoms with Crippen LogP contribution < -0.4 is 14.6 Å². The molecule has 1 fully saturated rings. The lowest BCUT2D eigenvalue weighted by Gasteiger charge is -2.12. The Labute approximate surface area is 106 Å². The molecule has 0 spiro atoms. The molecule has 6 nitrogen and oxygen atoms in total. The summed E-state index contributed by atoms with van der Waals surface area (Å²) >= 11 is 0. The van der Waals surface area contributed by atoms with Crippen LogP contribution in [0.3, 0.4) is 0 Å². The van der Waals surface area contributed by atoms with Crippen molar-refractivity contribution in [3.05, 3.63) is 12.3 Å². The molecule has 7 heteroatoms. The molecule has 0 amide bonds. The monoisotopic (exact) mass is 272 g/mol. The summed E-state index contributed by atoms with van der Waals surface area (Å²) in [4.78, 5) is 3.92. The lowest BCUT2D eigenvalue weighted by molar-refractivity contribution is 0.229. The molecule has 1 aliphatic carbocycles. The van der Waals surface area contributed by atoms with Gasteiger partial charge in [0.15, 0.2) is 5.75 Å². The predicted octanol–water partition coefficient (Wildman–Crippen LogP) is 1.06. The van der Waals surface area contributed by atoms with Crippen LogP contribution in [-0.2, 0) is 10.0 Å². The van der Waals surface area contributed by atoms with Crippen molar-refractivity contribution >= 4 is 10.0 Å². The minimum absolute atomic E-state index is 0.0733. The smallest absolute Gasteiger partial charge is 0.241 e. The van der Waals surface area contributed by atoms with E-state index < -0.39 is 10.0 Å². The molecule has 0 aliphatic heterocycles. The quantitative estimate of drug-likeness (QED) is 0.865. The molecule has 0 unspecified atom stereocenters. The SMILES string of the molecule is CC(C)Oc1cc(S(N)(=O)=O)c(OC2CC2)cn1. The number of hydrogen-bond donors (Lipinski definition) is 1. The second kappa shape index (κ2) is 4.74. The number of nitrogens with two attached hydrogens (primary N) is 1. The average Bonchev–Trinajstić information content (AvgIpc) is 3.02. The van der Waals surface area contributed by atoms with Crippen molar-refractivity contribution in [1.29, 1.82) is 0 Å². The van der Waals surface area contributed by atoms with E-state index in [0.29, 0.717) is 0 Å². The molecular formula is C11H16N2O4S. The van der Waals surface area contributed by atoms with Gasteiger partial charge in [0, 0.05) is 6.07 Å². The maximum Gasteiger partial charge on any atom is 0.241 e. The van der Waals surface area contributed by atoms with E-state index in [1.807, 2.05) is 13.8 Å². The van der Waals surface area contributed by atoms with Crippen LogP contribution in [0, 0.1) is 0 Å². The highest BCUT2D eigenvalue weighted by molar-refractivity contribution is 7.89. The zero-order valence-corrected chi connectivity index (χ0v) is 11.1. The van der Waals surface area contributed by atoms with Gasteiger partial charge >= 0.3 is 0 Å². The van der Waals surface area contributed by atoms with Crippen molar-refractivity contribution in [2.24, 2.45) is 5.14 Å². The molecule has 1 saturated carbocycles. The van der Waals surface area contributed by atoms with Crippen molar-refractivity contribution in [3.63, 3.8) is 0 Å². The molecule has 2 rings (SSSR count). The summed E-state index contributed by atoms with van der Waals surface area (Å²) in [5, 5.41) is 5.16. The topological polar surface area (TPSA) is 91.5 Å². The summed E-state index contributed by atoms with van der Waals surface area (Å²) in [6, 6.07) is 1.30. The Morgan fingerprint density at radius 2 is 2.11 bits per heavy atom. The predicted molar refractivity (Wildman–Crippen MR) is 65.0 cm³/mol. The van der Waals surface area contributed by atoms with Crippen molar-refractivity contribution in [1.82, 2.24) is 4.98 Å². The Morgan fingerprint density at radius 3 is 2.61 bits per heavy atom. The number of sulfonamides is 1. The van der Waals surface area contributed by atoms with Gasteiger partial charge in [0.25, 0.3) is 0 Å². The lowest BCUT2D eigenvalue weighted by atomic mass is 10.4.